The molecule has 164 valence electrons. The fraction of sp³-hybridized carbons (Fsp3) is 0.222. The number of benzene rings is 2. The number of hydrogen-bond donors (Lipinski definition) is 0. The van der Waals surface area contributed by atoms with E-state index in [-0.39, 0.29) is 59.1 Å². The third kappa shape index (κ3) is 9.56. The standard InChI is InChI=1S/C18H19F2O9P.2Na/c1-24-15-9-12(10-16(25-2)17(15)26-3)5-4-11-6-7-13(27-18(19)20)14(8-11)28-29-30(21,22)23;;/h4-10,18H,1-3H3,(H2,21,22,23);;/q;2*+1/p-2/b5-4-;;. The van der Waals surface area contributed by atoms with Crippen LogP contribution in [0, 0.1) is 0 Å². The fourth-order valence-corrected chi connectivity index (χ4v) is 2.53. The Morgan fingerprint density at radius 2 is 1.38 bits per heavy atom. The molecule has 0 aliphatic carbocycles. The molecular formula is C18H17F2Na2O9P. The first-order valence-corrected chi connectivity index (χ1v) is 9.58. The molecule has 2 rings (SSSR count). The van der Waals surface area contributed by atoms with Crippen molar-refractivity contribution < 1.29 is 111 Å². The van der Waals surface area contributed by atoms with E-state index in [1.165, 1.54) is 27.4 Å². The summed E-state index contributed by atoms with van der Waals surface area (Å²) in [5.41, 5.74) is 1.02. The smallest absolute Gasteiger partial charge is 0.787 e. The van der Waals surface area contributed by atoms with Crippen molar-refractivity contribution in [3.8, 4) is 28.7 Å². The van der Waals surface area contributed by atoms with E-state index in [0.717, 1.165) is 12.1 Å². The van der Waals surface area contributed by atoms with E-state index in [0.29, 0.717) is 28.4 Å². The van der Waals surface area contributed by atoms with Gasteiger partial charge in [-0.05, 0) is 35.4 Å². The summed E-state index contributed by atoms with van der Waals surface area (Å²) in [6.07, 6.45) is 3.18. The first-order valence-electron chi connectivity index (χ1n) is 8.12. The van der Waals surface area contributed by atoms with Crippen LogP contribution in [0.1, 0.15) is 11.1 Å². The van der Waals surface area contributed by atoms with Gasteiger partial charge < -0.3 is 38.2 Å². The van der Waals surface area contributed by atoms with Crippen LogP contribution < -0.4 is 92.7 Å². The van der Waals surface area contributed by atoms with Gasteiger partial charge in [0.15, 0.2) is 17.2 Å². The van der Waals surface area contributed by atoms with Crippen molar-refractivity contribution in [3.05, 3.63) is 41.5 Å². The number of alkyl halides is 2. The van der Waals surface area contributed by atoms with Gasteiger partial charge in [0.05, 0.1) is 21.3 Å². The van der Waals surface area contributed by atoms with Crippen molar-refractivity contribution in [1.29, 1.82) is 0 Å². The summed E-state index contributed by atoms with van der Waals surface area (Å²) in [7, 11) is -1.13. The van der Waals surface area contributed by atoms with E-state index in [4.69, 9.17) is 14.2 Å². The van der Waals surface area contributed by atoms with Crippen LogP contribution in [0.2, 0.25) is 0 Å². The van der Waals surface area contributed by atoms with E-state index in [1.807, 2.05) is 0 Å². The molecule has 2 aromatic carbocycles. The molecular weight excluding hydrogens is 475 g/mol. The third-order valence-electron chi connectivity index (χ3n) is 3.56. The number of methoxy groups -OCH3 is 3. The Morgan fingerprint density at radius 3 is 1.84 bits per heavy atom. The molecule has 0 unspecified atom stereocenters. The van der Waals surface area contributed by atoms with Gasteiger partial charge >= 0.3 is 65.7 Å². The molecule has 0 aromatic heterocycles. The number of hydrogen-bond acceptors (Lipinski definition) is 9. The van der Waals surface area contributed by atoms with E-state index in [2.05, 4.69) is 14.3 Å². The summed E-state index contributed by atoms with van der Waals surface area (Å²) in [6.45, 7) is -3.21. The first kappa shape index (κ1) is 31.1. The summed E-state index contributed by atoms with van der Waals surface area (Å²) in [4.78, 5) is 25.6. The molecule has 0 bridgehead atoms. The Bertz CT molecular complexity index is 929. The summed E-state index contributed by atoms with van der Waals surface area (Å²) in [5.74, 6) is 0.170. The molecule has 9 nitrogen and oxygen atoms in total. The molecule has 0 spiro atoms. The van der Waals surface area contributed by atoms with E-state index in [1.54, 1.807) is 24.3 Å². The molecule has 0 atom stereocenters. The Labute approximate surface area is 227 Å². The van der Waals surface area contributed by atoms with Crippen LogP contribution in [-0.4, -0.2) is 27.9 Å². The van der Waals surface area contributed by atoms with Gasteiger partial charge in [-0.1, -0.05) is 18.2 Å². The number of rotatable bonds is 10. The van der Waals surface area contributed by atoms with Crippen LogP contribution in [0.15, 0.2) is 30.3 Å². The van der Waals surface area contributed by atoms with E-state index < -0.39 is 25.9 Å². The van der Waals surface area contributed by atoms with E-state index >= 15 is 0 Å². The van der Waals surface area contributed by atoms with Gasteiger partial charge in [-0.2, -0.15) is 13.5 Å². The molecule has 0 heterocycles. The van der Waals surface area contributed by atoms with Crippen LogP contribution in [0.5, 0.6) is 28.7 Å². The normalized spacial score (nSPS) is 10.9. The molecule has 14 heteroatoms. The summed E-state index contributed by atoms with van der Waals surface area (Å²) < 4.78 is 59.3. The minimum atomic E-state index is -5.51. The molecule has 0 radical (unpaired) electrons. The van der Waals surface area contributed by atoms with Gasteiger partial charge in [0.25, 0.3) is 0 Å². The predicted octanol–water partition coefficient (Wildman–Crippen LogP) is -3.37. The second-order valence-corrected chi connectivity index (χ2v) is 6.53. The second kappa shape index (κ2) is 14.4. The van der Waals surface area contributed by atoms with Gasteiger partial charge in [0, 0.05) is 0 Å². The Kier molecular flexibility index (Phi) is 14.0. The number of halogens is 2. The SMILES string of the molecule is COc1cc(/C=C\c2ccc(OC(F)F)c(OOP(=O)([O-])[O-])c2)cc(OC)c1OC.[Na+].[Na+]. The zero-order valence-corrected chi connectivity index (χ0v) is 22.9. The van der Waals surface area contributed by atoms with Crippen LogP contribution in [0.25, 0.3) is 12.2 Å². The average Bonchev–Trinajstić information content (AvgIpc) is 2.69. The number of ether oxygens (including phenoxy) is 4. The topological polar surface area (TPSA) is 119 Å². The molecule has 0 N–H and O–H groups in total. The number of phosphoric acid groups is 1. The summed E-state index contributed by atoms with van der Waals surface area (Å²) in [6, 6.07) is 6.96. The molecule has 0 saturated heterocycles. The minimum absolute atomic E-state index is 0. The molecule has 0 fully saturated rings. The van der Waals surface area contributed by atoms with Crippen molar-refractivity contribution in [2.24, 2.45) is 0 Å². The van der Waals surface area contributed by atoms with Gasteiger partial charge in [0.2, 0.25) is 11.5 Å². The van der Waals surface area contributed by atoms with Crippen molar-refractivity contribution in [3.63, 3.8) is 0 Å². The summed E-state index contributed by atoms with van der Waals surface area (Å²) in [5, 5.41) is 0. The molecule has 0 saturated carbocycles. The van der Waals surface area contributed by atoms with Gasteiger partial charge in [0.1, 0.15) is 7.82 Å². The maximum Gasteiger partial charge on any atom is 1.00 e. The predicted molar refractivity (Wildman–Crippen MR) is 97.4 cm³/mol. The largest absolute Gasteiger partial charge is 1.00 e. The van der Waals surface area contributed by atoms with Crippen molar-refractivity contribution in [2.75, 3.05) is 21.3 Å². The van der Waals surface area contributed by atoms with E-state index in [9.17, 15) is 23.1 Å². The van der Waals surface area contributed by atoms with Gasteiger partial charge in [-0.25, -0.2) is 0 Å². The third-order valence-corrected chi connectivity index (χ3v) is 3.81. The van der Waals surface area contributed by atoms with Gasteiger partial charge in [-0.15, -0.1) is 0 Å². The minimum Gasteiger partial charge on any atom is -0.787 e. The van der Waals surface area contributed by atoms with Gasteiger partial charge in [-0.3, -0.25) is 0 Å². The Hall–Kier alpha value is -0.850. The summed E-state index contributed by atoms with van der Waals surface area (Å²) >= 11 is 0. The molecule has 0 amide bonds. The van der Waals surface area contributed by atoms with Crippen molar-refractivity contribution in [2.45, 2.75) is 6.61 Å². The monoisotopic (exact) mass is 492 g/mol. The Morgan fingerprint density at radius 1 is 0.844 bits per heavy atom. The zero-order chi connectivity index (χ0) is 22.3. The second-order valence-electron chi connectivity index (χ2n) is 5.48. The maximum atomic E-state index is 12.5. The van der Waals surface area contributed by atoms with Crippen LogP contribution >= 0.6 is 7.82 Å². The Balaban J connectivity index is 0.00000480. The molecule has 32 heavy (non-hydrogen) atoms. The maximum absolute atomic E-state index is 12.5. The molecule has 0 aliphatic heterocycles. The quantitative estimate of drug-likeness (QED) is 0.110. The molecule has 0 aliphatic rings. The first-order chi connectivity index (χ1) is 14.2. The van der Waals surface area contributed by atoms with Crippen LogP contribution in [0.4, 0.5) is 8.78 Å². The fourth-order valence-electron chi connectivity index (χ4n) is 2.36. The zero-order valence-electron chi connectivity index (χ0n) is 18.0. The van der Waals surface area contributed by atoms with Crippen molar-refractivity contribution >= 4 is 20.0 Å². The van der Waals surface area contributed by atoms with Crippen molar-refractivity contribution in [1.82, 2.24) is 0 Å². The van der Waals surface area contributed by atoms with Crippen LogP contribution in [0.3, 0.4) is 0 Å². The molecule has 2 aromatic rings. The van der Waals surface area contributed by atoms with Crippen LogP contribution in [-0.2, 0) is 9.24 Å². The average molecular weight is 492 g/mol.